The standard InChI is InChI=1S/C27H36F3N3O4/c1-4-23(34)31-13-14-32-21-15-19(24(35)33(17(2)3)18-9-6-5-7-10-18)20(27(28,29)30)16-22(21)37-26(25(32)36)11-8-12-26/h15-18H,4-14H2,1-3H3,(H,31,34). The molecule has 4 rings (SSSR count). The number of amides is 3. The van der Waals surface area contributed by atoms with Crippen molar-refractivity contribution in [3.63, 3.8) is 0 Å². The molecule has 0 radical (unpaired) electrons. The summed E-state index contributed by atoms with van der Waals surface area (Å²) < 4.78 is 48.9. The van der Waals surface area contributed by atoms with Crippen molar-refractivity contribution in [3.05, 3.63) is 23.3 Å². The summed E-state index contributed by atoms with van der Waals surface area (Å²) in [6.07, 6.45) is 1.46. The minimum absolute atomic E-state index is 0.0567. The molecule has 1 aliphatic heterocycles. The first kappa shape index (κ1) is 27.3. The summed E-state index contributed by atoms with van der Waals surface area (Å²) >= 11 is 0. The molecule has 0 saturated heterocycles. The number of nitrogens with zero attached hydrogens (tertiary/aromatic N) is 2. The number of anilines is 1. The van der Waals surface area contributed by atoms with Gasteiger partial charge in [-0.1, -0.05) is 26.2 Å². The third-order valence-electron chi connectivity index (χ3n) is 7.76. The van der Waals surface area contributed by atoms with E-state index >= 15 is 0 Å². The molecule has 0 bridgehead atoms. The number of rotatable bonds is 7. The van der Waals surface area contributed by atoms with Crippen molar-refractivity contribution in [2.45, 2.75) is 102 Å². The Balaban J connectivity index is 1.78. The molecule has 0 aromatic heterocycles. The van der Waals surface area contributed by atoms with Gasteiger partial charge in [0.1, 0.15) is 5.75 Å². The maximum atomic E-state index is 14.3. The number of carbonyl (C=O) groups excluding carboxylic acids is 3. The van der Waals surface area contributed by atoms with E-state index in [2.05, 4.69) is 5.32 Å². The molecule has 204 valence electrons. The normalized spacial score (nSPS) is 19.3. The van der Waals surface area contributed by atoms with Gasteiger partial charge in [0.15, 0.2) is 5.60 Å². The zero-order chi connectivity index (χ0) is 27.0. The minimum Gasteiger partial charge on any atom is -0.475 e. The number of ether oxygens (including phenoxy) is 1. The number of carbonyl (C=O) groups is 3. The molecule has 1 N–H and O–H groups in total. The summed E-state index contributed by atoms with van der Waals surface area (Å²) in [6.45, 7) is 5.54. The average molecular weight is 524 g/mol. The highest BCUT2D eigenvalue weighted by Crippen LogP contribution is 2.49. The van der Waals surface area contributed by atoms with Crippen molar-refractivity contribution in [2.75, 3.05) is 18.0 Å². The van der Waals surface area contributed by atoms with Crippen molar-refractivity contribution < 1.29 is 32.3 Å². The highest BCUT2D eigenvalue weighted by Gasteiger charge is 2.53. The maximum absolute atomic E-state index is 14.3. The predicted octanol–water partition coefficient (Wildman–Crippen LogP) is 5.06. The topological polar surface area (TPSA) is 79.0 Å². The van der Waals surface area contributed by atoms with E-state index in [-0.39, 0.29) is 54.8 Å². The first-order valence-corrected chi connectivity index (χ1v) is 13.3. The molecule has 7 nitrogen and oxygen atoms in total. The summed E-state index contributed by atoms with van der Waals surface area (Å²) in [4.78, 5) is 41.9. The fourth-order valence-electron chi connectivity index (χ4n) is 5.67. The van der Waals surface area contributed by atoms with Gasteiger partial charge in [-0.3, -0.25) is 14.4 Å². The van der Waals surface area contributed by atoms with E-state index in [1.54, 1.807) is 11.8 Å². The van der Waals surface area contributed by atoms with E-state index in [0.29, 0.717) is 12.8 Å². The van der Waals surface area contributed by atoms with Crippen LogP contribution in [0, 0.1) is 0 Å². The molecular formula is C27H36F3N3O4. The third-order valence-corrected chi connectivity index (χ3v) is 7.76. The predicted molar refractivity (Wildman–Crippen MR) is 132 cm³/mol. The van der Waals surface area contributed by atoms with Gasteiger partial charge in [-0.25, -0.2) is 0 Å². The van der Waals surface area contributed by atoms with Crippen LogP contribution in [-0.2, 0) is 15.8 Å². The molecular weight excluding hydrogens is 487 g/mol. The van der Waals surface area contributed by atoms with Crippen LogP contribution in [0.3, 0.4) is 0 Å². The summed E-state index contributed by atoms with van der Waals surface area (Å²) in [5.41, 5.74) is -2.59. The molecule has 2 saturated carbocycles. The van der Waals surface area contributed by atoms with Gasteiger partial charge in [0.2, 0.25) is 5.91 Å². The fourth-order valence-corrected chi connectivity index (χ4v) is 5.67. The monoisotopic (exact) mass is 523 g/mol. The van der Waals surface area contributed by atoms with Crippen molar-refractivity contribution in [1.82, 2.24) is 10.2 Å². The molecule has 3 amide bonds. The summed E-state index contributed by atoms with van der Waals surface area (Å²) in [7, 11) is 0. The molecule has 0 unspecified atom stereocenters. The van der Waals surface area contributed by atoms with Crippen LogP contribution in [-0.4, -0.2) is 53.4 Å². The molecule has 1 spiro atoms. The largest absolute Gasteiger partial charge is 0.475 e. The fraction of sp³-hybridized carbons (Fsp3) is 0.667. The van der Waals surface area contributed by atoms with Gasteiger partial charge in [0.25, 0.3) is 11.8 Å². The number of benzene rings is 1. The van der Waals surface area contributed by atoms with Crippen molar-refractivity contribution in [3.8, 4) is 5.75 Å². The van der Waals surface area contributed by atoms with E-state index in [1.165, 1.54) is 11.0 Å². The van der Waals surface area contributed by atoms with Gasteiger partial charge in [-0.05, 0) is 58.1 Å². The van der Waals surface area contributed by atoms with Crippen molar-refractivity contribution in [1.29, 1.82) is 0 Å². The molecule has 1 heterocycles. The zero-order valence-corrected chi connectivity index (χ0v) is 21.7. The summed E-state index contributed by atoms with van der Waals surface area (Å²) in [6, 6.07) is 1.63. The first-order chi connectivity index (χ1) is 17.5. The minimum atomic E-state index is -4.78. The lowest BCUT2D eigenvalue weighted by molar-refractivity contribution is -0.144. The van der Waals surface area contributed by atoms with Crippen LogP contribution < -0.4 is 15.0 Å². The van der Waals surface area contributed by atoms with Gasteiger partial charge < -0.3 is 19.9 Å². The van der Waals surface area contributed by atoms with E-state index < -0.39 is 28.8 Å². The zero-order valence-electron chi connectivity index (χ0n) is 21.7. The quantitative estimate of drug-likeness (QED) is 0.542. The Kier molecular flexibility index (Phi) is 7.76. The Hall–Kier alpha value is -2.78. The van der Waals surface area contributed by atoms with E-state index in [1.807, 2.05) is 13.8 Å². The third kappa shape index (κ3) is 5.29. The molecule has 1 aromatic rings. The second-order valence-corrected chi connectivity index (χ2v) is 10.6. The van der Waals surface area contributed by atoms with Gasteiger partial charge in [-0.2, -0.15) is 13.2 Å². The lowest BCUT2D eigenvalue weighted by atomic mass is 9.77. The van der Waals surface area contributed by atoms with Crippen LogP contribution in [0.4, 0.5) is 18.9 Å². The van der Waals surface area contributed by atoms with E-state index in [0.717, 1.165) is 44.6 Å². The van der Waals surface area contributed by atoms with Gasteiger partial charge in [-0.15, -0.1) is 0 Å². The molecule has 3 aliphatic rings. The van der Waals surface area contributed by atoms with Crippen LogP contribution in [0.15, 0.2) is 12.1 Å². The molecule has 2 fully saturated rings. The Labute approximate surface area is 215 Å². The molecule has 10 heteroatoms. The number of fused-ring (bicyclic) bond motifs is 1. The van der Waals surface area contributed by atoms with Gasteiger partial charge in [0, 0.05) is 31.6 Å². The Morgan fingerprint density at radius 1 is 1.16 bits per heavy atom. The Morgan fingerprint density at radius 3 is 2.38 bits per heavy atom. The van der Waals surface area contributed by atoms with Crippen molar-refractivity contribution >= 4 is 23.4 Å². The second-order valence-electron chi connectivity index (χ2n) is 10.6. The van der Waals surface area contributed by atoms with E-state index in [9.17, 15) is 27.6 Å². The second kappa shape index (κ2) is 10.5. The number of alkyl halides is 3. The summed E-state index contributed by atoms with van der Waals surface area (Å²) in [5.74, 6) is -1.28. The average Bonchev–Trinajstić information content (AvgIpc) is 2.83. The number of nitrogens with one attached hydrogen (secondary N) is 1. The van der Waals surface area contributed by atoms with Crippen LogP contribution in [0.1, 0.15) is 94.5 Å². The molecule has 1 aromatic carbocycles. The molecule has 37 heavy (non-hydrogen) atoms. The Bertz CT molecular complexity index is 1050. The maximum Gasteiger partial charge on any atom is 0.417 e. The number of hydrogen-bond donors (Lipinski definition) is 1. The highest BCUT2D eigenvalue weighted by molar-refractivity contribution is 6.06. The molecule has 2 aliphatic carbocycles. The highest BCUT2D eigenvalue weighted by atomic mass is 19.4. The summed E-state index contributed by atoms with van der Waals surface area (Å²) in [5, 5.41) is 2.71. The van der Waals surface area contributed by atoms with Gasteiger partial charge in [0.05, 0.1) is 16.8 Å². The SMILES string of the molecule is CCC(=O)NCCN1C(=O)C2(CCC2)Oc2cc(C(F)(F)F)c(C(=O)N(C(C)C)C3CCCCC3)cc21. The lowest BCUT2D eigenvalue weighted by Crippen LogP contribution is -2.61. The van der Waals surface area contributed by atoms with Crippen LogP contribution in [0.25, 0.3) is 0 Å². The van der Waals surface area contributed by atoms with Crippen LogP contribution in [0.2, 0.25) is 0 Å². The van der Waals surface area contributed by atoms with Gasteiger partial charge >= 0.3 is 6.18 Å². The lowest BCUT2D eigenvalue weighted by Gasteiger charge is -2.47. The van der Waals surface area contributed by atoms with Crippen LogP contribution in [0.5, 0.6) is 5.75 Å². The van der Waals surface area contributed by atoms with Crippen LogP contribution >= 0.6 is 0 Å². The number of halogens is 3. The van der Waals surface area contributed by atoms with Crippen molar-refractivity contribution in [2.24, 2.45) is 0 Å². The first-order valence-electron chi connectivity index (χ1n) is 13.3. The molecule has 0 atom stereocenters. The Morgan fingerprint density at radius 2 is 1.84 bits per heavy atom. The van der Waals surface area contributed by atoms with E-state index in [4.69, 9.17) is 4.74 Å². The smallest absolute Gasteiger partial charge is 0.417 e. The number of hydrogen-bond acceptors (Lipinski definition) is 4.